The zero-order valence-electron chi connectivity index (χ0n) is 8.60. The van der Waals surface area contributed by atoms with E-state index < -0.39 is 0 Å². The molecule has 0 aliphatic carbocycles. The summed E-state index contributed by atoms with van der Waals surface area (Å²) in [4.78, 5) is 2.69. The van der Waals surface area contributed by atoms with Gasteiger partial charge in [0, 0.05) is 6.54 Å². The summed E-state index contributed by atoms with van der Waals surface area (Å²) >= 11 is 0. The molecule has 2 heterocycles. The van der Waals surface area contributed by atoms with E-state index in [-0.39, 0.29) is 0 Å². The molecule has 0 radical (unpaired) electrons. The smallest absolute Gasteiger partial charge is 0.00223 e. The van der Waals surface area contributed by atoms with Gasteiger partial charge >= 0.3 is 0 Å². The zero-order chi connectivity index (χ0) is 8.93. The Labute approximate surface area is 81.7 Å². The van der Waals surface area contributed by atoms with Crippen LogP contribution in [0.4, 0.5) is 0 Å². The zero-order valence-corrected chi connectivity index (χ0v) is 8.60. The summed E-state index contributed by atoms with van der Waals surface area (Å²) in [6.07, 6.45) is 7.18. The highest BCUT2D eigenvalue weighted by Gasteiger charge is 2.18. The van der Waals surface area contributed by atoms with E-state index in [4.69, 9.17) is 0 Å². The van der Waals surface area contributed by atoms with Crippen LogP contribution in [0.2, 0.25) is 0 Å². The molecule has 2 aliphatic heterocycles. The van der Waals surface area contributed by atoms with Gasteiger partial charge in [0.2, 0.25) is 0 Å². The average Bonchev–Trinajstić information content (AvgIpc) is 2.49. The molecule has 76 valence electrons. The molecule has 13 heavy (non-hydrogen) atoms. The van der Waals surface area contributed by atoms with Crippen LogP contribution in [0, 0.1) is 5.92 Å². The van der Waals surface area contributed by atoms with Gasteiger partial charge in [0.25, 0.3) is 0 Å². The summed E-state index contributed by atoms with van der Waals surface area (Å²) in [6.45, 7) is 6.58. The van der Waals surface area contributed by atoms with Gasteiger partial charge in [-0.25, -0.2) is 0 Å². The third-order valence-electron chi connectivity index (χ3n) is 3.38. The Bertz CT molecular complexity index is 133. The number of hydrogen-bond donors (Lipinski definition) is 1. The Hall–Kier alpha value is -0.0800. The molecule has 2 heteroatoms. The number of hydrogen-bond acceptors (Lipinski definition) is 2. The van der Waals surface area contributed by atoms with Crippen LogP contribution < -0.4 is 5.32 Å². The molecule has 2 nitrogen and oxygen atoms in total. The van der Waals surface area contributed by atoms with Crippen molar-refractivity contribution in [1.29, 1.82) is 0 Å². The van der Waals surface area contributed by atoms with Crippen molar-refractivity contribution in [3.05, 3.63) is 0 Å². The number of nitrogens with zero attached hydrogens (tertiary/aromatic N) is 1. The minimum Gasteiger partial charge on any atom is -0.316 e. The molecule has 1 N–H and O–H groups in total. The molecule has 0 aromatic heterocycles. The Morgan fingerprint density at radius 2 is 1.85 bits per heavy atom. The van der Waals surface area contributed by atoms with Gasteiger partial charge in [0.15, 0.2) is 0 Å². The molecular weight excluding hydrogens is 160 g/mol. The third-order valence-corrected chi connectivity index (χ3v) is 3.38. The van der Waals surface area contributed by atoms with Crippen molar-refractivity contribution in [2.24, 2.45) is 5.92 Å². The van der Waals surface area contributed by atoms with E-state index in [0.29, 0.717) is 0 Å². The molecule has 2 aliphatic rings. The Morgan fingerprint density at radius 3 is 2.46 bits per heavy atom. The quantitative estimate of drug-likeness (QED) is 0.696. The van der Waals surface area contributed by atoms with Crippen LogP contribution >= 0.6 is 0 Å². The molecule has 0 amide bonds. The van der Waals surface area contributed by atoms with Gasteiger partial charge < -0.3 is 10.2 Å². The van der Waals surface area contributed by atoms with Crippen LogP contribution in [-0.4, -0.2) is 37.6 Å². The van der Waals surface area contributed by atoms with E-state index in [1.165, 1.54) is 64.8 Å². The van der Waals surface area contributed by atoms with Crippen molar-refractivity contribution in [3.8, 4) is 0 Å². The summed E-state index contributed by atoms with van der Waals surface area (Å²) in [5.74, 6) is 0.943. The first-order chi connectivity index (χ1) is 6.45. The number of rotatable bonds is 2. The topological polar surface area (TPSA) is 15.3 Å². The van der Waals surface area contributed by atoms with Crippen molar-refractivity contribution in [1.82, 2.24) is 10.2 Å². The summed E-state index contributed by atoms with van der Waals surface area (Å²) in [6, 6.07) is 0. The van der Waals surface area contributed by atoms with Gasteiger partial charge in [-0.2, -0.15) is 0 Å². The van der Waals surface area contributed by atoms with E-state index in [0.717, 1.165) is 5.92 Å². The van der Waals surface area contributed by atoms with Gasteiger partial charge in [-0.15, -0.1) is 0 Å². The first-order valence-electron chi connectivity index (χ1n) is 5.88. The first-order valence-corrected chi connectivity index (χ1v) is 5.88. The fourth-order valence-electron chi connectivity index (χ4n) is 2.55. The standard InChI is InChI=1S/C11H22N2/c1-2-4-8-13(7-3-1)10-11-5-6-12-9-11/h11-12H,1-10H2/t11-/m0/s1. The lowest BCUT2D eigenvalue weighted by molar-refractivity contribution is 0.246. The highest BCUT2D eigenvalue weighted by molar-refractivity contribution is 4.75. The molecule has 1 atom stereocenters. The van der Waals surface area contributed by atoms with Crippen LogP contribution in [0.15, 0.2) is 0 Å². The lowest BCUT2D eigenvalue weighted by Crippen LogP contribution is -2.31. The van der Waals surface area contributed by atoms with E-state index in [1.54, 1.807) is 0 Å². The molecule has 2 saturated heterocycles. The van der Waals surface area contributed by atoms with Gasteiger partial charge in [-0.1, -0.05) is 12.8 Å². The van der Waals surface area contributed by atoms with Crippen LogP contribution in [0.5, 0.6) is 0 Å². The SMILES string of the molecule is C1CCCN(C[C@H]2CCNC2)CC1. The normalized spacial score (nSPS) is 31.8. The summed E-state index contributed by atoms with van der Waals surface area (Å²) < 4.78 is 0. The van der Waals surface area contributed by atoms with E-state index in [1.807, 2.05) is 0 Å². The summed E-state index contributed by atoms with van der Waals surface area (Å²) in [7, 11) is 0. The van der Waals surface area contributed by atoms with E-state index >= 15 is 0 Å². The van der Waals surface area contributed by atoms with Crippen LogP contribution in [0.25, 0.3) is 0 Å². The fraction of sp³-hybridized carbons (Fsp3) is 1.00. The van der Waals surface area contributed by atoms with Gasteiger partial charge in [0.1, 0.15) is 0 Å². The van der Waals surface area contributed by atoms with Crippen LogP contribution in [-0.2, 0) is 0 Å². The molecule has 0 saturated carbocycles. The molecule has 0 bridgehead atoms. The van der Waals surface area contributed by atoms with Gasteiger partial charge in [-0.05, 0) is 51.4 Å². The largest absolute Gasteiger partial charge is 0.316 e. The van der Waals surface area contributed by atoms with Gasteiger partial charge in [0.05, 0.1) is 0 Å². The highest BCUT2D eigenvalue weighted by atomic mass is 15.1. The Kier molecular flexibility index (Phi) is 3.62. The number of likely N-dealkylation sites (tertiary alicyclic amines) is 1. The molecular formula is C11H22N2. The number of nitrogens with one attached hydrogen (secondary N) is 1. The minimum absolute atomic E-state index is 0.943. The predicted molar refractivity (Wildman–Crippen MR) is 55.9 cm³/mol. The summed E-state index contributed by atoms with van der Waals surface area (Å²) in [5, 5.41) is 3.45. The first kappa shape index (κ1) is 9.47. The van der Waals surface area contributed by atoms with Crippen LogP contribution in [0.3, 0.4) is 0 Å². The maximum absolute atomic E-state index is 3.45. The maximum atomic E-state index is 3.45. The lowest BCUT2D eigenvalue weighted by atomic mass is 10.1. The summed E-state index contributed by atoms with van der Waals surface area (Å²) in [5.41, 5.74) is 0. The van der Waals surface area contributed by atoms with Crippen molar-refractivity contribution < 1.29 is 0 Å². The minimum atomic E-state index is 0.943. The van der Waals surface area contributed by atoms with Crippen molar-refractivity contribution in [3.63, 3.8) is 0 Å². The van der Waals surface area contributed by atoms with Crippen molar-refractivity contribution in [2.45, 2.75) is 32.1 Å². The lowest BCUT2D eigenvalue weighted by Gasteiger charge is -2.22. The second-order valence-electron chi connectivity index (χ2n) is 4.57. The molecule has 0 aromatic rings. The fourth-order valence-corrected chi connectivity index (χ4v) is 2.55. The predicted octanol–water partition coefficient (Wildman–Crippen LogP) is 1.47. The van der Waals surface area contributed by atoms with E-state index in [2.05, 4.69) is 10.2 Å². The molecule has 0 unspecified atom stereocenters. The maximum Gasteiger partial charge on any atom is 0.00223 e. The van der Waals surface area contributed by atoms with E-state index in [9.17, 15) is 0 Å². The van der Waals surface area contributed by atoms with Gasteiger partial charge in [-0.3, -0.25) is 0 Å². The average molecular weight is 182 g/mol. The second-order valence-corrected chi connectivity index (χ2v) is 4.57. The molecule has 0 aromatic carbocycles. The molecule has 2 rings (SSSR count). The molecule has 0 spiro atoms. The second kappa shape index (κ2) is 4.97. The van der Waals surface area contributed by atoms with Crippen molar-refractivity contribution >= 4 is 0 Å². The Balaban J connectivity index is 1.71. The highest BCUT2D eigenvalue weighted by Crippen LogP contribution is 2.14. The van der Waals surface area contributed by atoms with Crippen LogP contribution in [0.1, 0.15) is 32.1 Å². The monoisotopic (exact) mass is 182 g/mol. The third kappa shape index (κ3) is 2.96. The Morgan fingerprint density at radius 1 is 1.08 bits per heavy atom. The molecule has 2 fully saturated rings. The van der Waals surface area contributed by atoms with Crippen molar-refractivity contribution in [2.75, 3.05) is 32.7 Å².